The van der Waals surface area contributed by atoms with Crippen LogP contribution in [-0.4, -0.2) is 36.0 Å². The summed E-state index contributed by atoms with van der Waals surface area (Å²) in [5.74, 6) is -0.0583. The number of hydrogen-bond donors (Lipinski definition) is 3. The summed E-state index contributed by atoms with van der Waals surface area (Å²) in [6.45, 7) is 5.75. The van der Waals surface area contributed by atoms with E-state index in [0.717, 1.165) is 0 Å². The Kier molecular flexibility index (Phi) is 4.71. The number of aromatic nitrogens is 2. The van der Waals surface area contributed by atoms with Crippen LogP contribution >= 0.6 is 0 Å². The van der Waals surface area contributed by atoms with E-state index >= 15 is 0 Å². The lowest BCUT2D eigenvalue weighted by molar-refractivity contribution is 0.227. The van der Waals surface area contributed by atoms with Gasteiger partial charge >= 0.3 is 0 Å². The molecule has 4 N–H and O–H groups in total. The molecule has 0 aliphatic heterocycles. The number of nitrogens with one attached hydrogen (secondary N) is 1. The number of nitrogens with two attached hydrogens (primary N) is 1. The first-order valence-electron chi connectivity index (χ1n) is 5.78. The monoisotopic (exact) mass is 276 g/mol. The predicted molar refractivity (Wildman–Crippen MR) is 68.3 cm³/mol. The first-order chi connectivity index (χ1) is 8.31. The molecule has 0 radical (unpaired) electrons. The van der Waals surface area contributed by atoms with Crippen molar-refractivity contribution in [3.63, 3.8) is 0 Å². The minimum Gasteiger partial charge on any atom is -0.395 e. The highest BCUT2D eigenvalue weighted by atomic mass is 32.2. The molecule has 0 amide bonds. The highest BCUT2D eigenvalue weighted by Crippen LogP contribution is 2.17. The van der Waals surface area contributed by atoms with Gasteiger partial charge in [0.2, 0.25) is 10.0 Å². The summed E-state index contributed by atoms with van der Waals surface area (Å²) in [5.41, 5.74) is 5.58. The molecule has 0 aliphatic rings. The third-order valence-corrected chi connectivity index (χ3v) is 4.18. The molecule has 1 aromatic heterocycles. The predicted octanol–water partition coefficient (Wildman–Crippen LogP) is -0.220. The average molecular weight is 276 g/mol. The van der Waals surface area contributed by atoms with Crippen LogP contribution in [0.5, 0.6) is 0 Å². The Labute approximate surface area is 107 Å². The van der Waals surface area contributed by atoms with Crippen molar-refractivity contribution in [1.29, 1.82) is 0 Å². The van der Waals surface area contributed by atoms with Gasteiger partial charge in [0.1, 0.15) is 4.90 Å². The second kappa shape index (κ2) is 5.68. The minimum absolute atomic E-state index is 0.0211. The molecule has 0 bridgehead atoms. The molecule has 1 unspecified atom stereocenters. The van der Waals surface area contributed by atoms with Crippen molar-refractivity contribution in [2.75, 3.05) is 12.3 Å². The first kappa shape index (κ1) is 14.9. The van der Waals surface area contributed by atoms with Crippen LogP contribution in [0.2, 0.25) is 0 Å². The van der Waals surface area contributed by atoms with Crippen LogP contribution in [0.4, 0.5) is 5.82 Å². The van der Waals surface area contributed by atoms with Crippen LogP contribution in [-0.2, 0) is 16.6 Å². The van der Waals surface area contributed by atoms with Gasteiger partial charge in [0.15, 0.2) is 5.82 Å². The van der Waals surface area contributed by atoms with E-state index in [1.807, 2.05) is 20.8 Å². The quantitative estimate of drug-likeness (QED) is 0.665. The van der Waals surface area contributed by atoms with Crippen molar-refractivity contribution in [1.82, 2.24) is 14.5 Å². The summed E-state index contributed by atoms with van der Waals surface area (Å²) in [6, 6.07) is -0.542. The van der Waals surface area contributed by atoms with Crippen molar-refractivity contribution >= 4 is 15.8 Å². The van der Waals surface area contributed by atoms with Gasteiger partial charge in [0, 0.05) is 18.8 Å². The fourth-order valence-corrected chi connectivity index (χ4v) is 2.88. The summed E-state index contributed by atoms with van der Waals surface area (Å²) in [4.78, 5) is -0.0524. The van der Waals surface area contributed by atoms with Gasteiger partial charge in [0.05, 0.1) is 6.61 Å². The van der Waals surface area contributed by atoms with Crippen molar-refractivity contribution < 1.29 is 13.5 Å². The molecular formula is C10H20N4O3S. The molecule has 0 aromatic carbocycles. The number of nitrogens with zero attached hydrogens (tertiary/aromatic N) is 2. The average Bonchev–Trinajstić information content (AvgIpc) is 2.68. The Hall–Kier alpha value is -1.12. The van der Waals surface area contributed by atoms with E-state index in [9.17, 15) is 8.42 Å². The zero-order valence-corrected chi connectivity index (χ0v) is 11.6. The highest BCUT2D eigenvalue weighted by molar-refractivity contribution is 7.89. The molecule has 0 fully saturated rings. The lowest BCUT2D eigenvalue weighted by Crippen LogP contribution is -2.41. The summed E-state index contributed by atoms with van der Waals surface area (Å²) < 4.78 is 28.1. The van der Waals surface area contributed by atoms with Crippen LogP contribution in [0.3, 0.4) is 0 Å². The zero-order chi connectivity index (χ0) is 13.9. The van der Waals surface area contributed by atoms with Gasteiger partial charge in [-0.3, -0.25) is 4.68 Å². The van der Waals surface area contributed by atoms with Gasteiger partial charge in [-0.1, -0.05) is 13.8 Å². The van der Waals surface area contributed by atoms with Gasteiger partial charge in [-0.15, -0.1) is 0 Å². The molecule has 7 nitrogen and oxygen atoms in total. The highest BCUT2D eigenvalue weighted by Gasteiger charge is 2.25. The molecule has 1 aromatic rings. The Bertz CT molecular complexity index is 495. The van der Waals surface area contributed by atoms with E-state index < -0.39 is 16.1 Å². The molecule has 1 rings (SSSR count). The van der Waals surface area contributed by atoms with Gasteiger partial charge in [-0.05, 0) is 12.8 Å². The minimum atomic E-state index is -3.75. The maximum Gasteiger partial charge on any atom is 0.246 e. The topological polar surface area (TPSA) is 110 Å². The lowest BCUT2D eigenvalue weighted by Gasteiger charge is -2.19. The third-order valence-electron chi connectivity index (χ3n) is 2.68. The number of anilines is 1. The van der Waals surface area contributed by atoms with E-state index in [4.69, 9.17) is 10.8 Å². The molecule has 18 heavy (non-hydrogen) atoms. The normalized spacial score (nSPS) is 14.1. The van der Waals surface area contributed by atoms with Crippen molar-refractivity contribution in [2.24, 2.45) is 5.92 Å². The standard InChI is InChI=1S/C10H20N4O3S/c1-4-14-5-9(10(11)12-14)18(16,17)13-8(6-15)7(2)3/h5,7-8,13,15H,4,6H2,1-3H3,(H2,11,12). The third kappa shape index (κ3) is 3.21. The SMILES string of the molecule is CCn1cc(S(=O)(=O)NC(CO)C(C)C)c(N)n1. The van der Waals surface area contributed by atoms with Gasteiger partial charge in [-0.25, -0.2) is 13.1 Å². The largest absolute Gasteiger partial charge is 0.395 e. The lowest BCUT2D eigenvalue weighted by atomic mass is 10.1. The van der Waals surface area contributed by atoms with E-state index in [1.165, 1.54) is 10.9 Å². The number of aliphatic hydroxyl groups excluding tert-OH is 1. The van der Waals surface area contributed by atoms with Crippen molar-refractivity contribution in [3.05, 3.63) is 6.20 Å². The number of aliphatic hydroxyl groups is 1. The Morgan fingerprint density at radius 1 is 1.56 bits per heavy atom. The number of nitrogen functional groups attached to an aromatic ring is 1. The molecule has 104 valence electrons. The Morgan fingerprint density at radius 2 is 2.17 bits per heavy atom. The van der Waals surface area contributed by atoms with Crippen molar-refractivity contribution in [3.8, 4) is 0 Å². The molecule has 0 saturated carbocycles. The van der Waals surface area contributed by atoms with E-state index in [0.29, 0.717) is 6.54 Å². The first-order valence-corrected chi connectivity index (χ1v) is 7.26. The van der Waals surface area contributed by atoms with E-state index in [1.54, 1.807) is 0 Å². The fraction of sp³-hybridized carbons (Fsp3) is 0.700. The summed E-state index contributed by atoms with van der Waals surface area (Å²) in [5, 5.41) is 13.0. The summed E-state index contributed by atoms with van der Waals surface area (Å²) in [7, 11) is -3.75. The Morgan fingerprint density at radius 3 is 2.56 bits per heavy atom. The van der Waals surface area contributed by atoms with Gasteiger partial charge < -0.3 is 10.8 Å². The second-order valence-electron chi connectivity index (χ2n) is 4.39. The van der Waals surface area contributed by atoms with Gasteiger partial charge in [0.25, 0.3) is 0 Å². The van der Waals surface area contributed by atoms with Crippen LogP contribution < -0.4 is 10.5 Å². The van der Waals surface area contributed by atoms with Crippen LogP contribution in [0.1, 0.15) is 20.8 Å². The van der Waals surface area contributed by atoms with E-state index in [-0.39, 0.29) is 23.2 Å². The van der Waals surface area contributed by atoms with Crippen LogP contribution in [0, 0.1) is 5.92 Å². The molecule has 1 atom stereocenters. The molecule has 0 spiro atoms. The van der Waals surface area contributed by atoms with Crippen LogP contribution in [0.15, 0.2) is 11.1 Å². The smallest absolute Gasteiger partial charge is 0.246 e. The Balaban J connectivity index is 3.02. The van der Waals surface area contributed by atoms with Crippen molar-refractivity contribution in [2.45, 2.75) is 38.3 Å². The molecular weight excluding hydrogens is 256 g/mol. The molecule has 1 heterocycles. The van der Waals surface area contributed by atoms with Gasteiger partial charge in [-0.2, -0.15) is 5.10 Å². The number of hydrogen-bond acceptors (Lipinski definition) is 5. The summed E-state index contributed by atoms with van der Waals surface area (Å²) >= 11 is 0. The van der Waals surface area contributed by atoms with Crippen LogP contribution in [0.25, 0.3) is 0 Å². The second-order valence-corrected chi connectivity index (χ2v) is 6.07. The number of sulfonamides is 1. The zero-order valence-electron chi connectivity index (χ0n) is 10.8. The molecule has 0 aliphatic carbocycles. The fourth-order valence-electron chi connectivity index (χ4n) is 1.43. The maximum atomic E-state index is 12.1. The maximum absolute atomic E-state index is 12.1. The van der Waals surface area contributed by atoms with E-state index in [2.05, 4.69) is 9.82 Å². The molecule has 0 saturated heterocycles. The summed E-state index contributed by atoms with van der Waals surface area (Å²) in [6.07, 6.45) is 1.38. The number of aryl methyl sites for hydroxylation is 1. The number of rotatable bonds is 6. The molecule has 8 heteroatoms.